The topological polar surface area (TPSA) is 120 Å². The van der Waals surface area contributed by atoms with Gasteiger partial charge in [-0.15, -0.1) is 0 Å². The highest BCUT2D eigenvalue weighted by molar-refractivity contribution is 6.09. The number of primary amides is 1. The highest BCUT2D eigenvalue weighted by Gasteiger charge is 2.28. The summed E-state index contributed by atoms with van der Waals surface area (Å²) in [5.41, 5.74) is 12.3. The normalized spacial score (nSPS) is 11.9. The molecule has 26 heavy (non-hydrogen) atoms. The fraction of sp³-hybridized carbons (Fsp3) is 0.278. The second-order valence-electron chi connectivity index (χ2n) is 6.74. The monoisotopic (exact) mass is 357 g/mol. The quantitative estimate of drug-likeness (QED) is 0.665. The Morgan fingerprint density at radius 2 is 1.96 bits per heavy atom. The molecule has 8 heteroatoms. The maximum atomic E-state index is 14.3. The Bertz CT molecular complexity index is 1050. The number of alkyl halides is 1. The van der Waals surface area contributed by atoms with Crippen LogP contribution in [0.15, 0.2) is 18.3 Å². The molecule has 0 bridgehead atoms. The number of benzene rings is 1. The smallest absolute Gasteiger partial charge is 0.254 e. The van der Waals surface area contributed by atoms with Crippen molar-refractivity contribution < 1.29 is 14.3 Å². The lowest BCUT2D eigenvalue weighted by Gasteiger charge is -2.16. The molecule has 2 heterocycles. The van der Waals surface area contributed by atoms with Crippen LogP contribution in [-0.2, 0) is 5.67 Å². The van der Waals surface area contributed by atoms with Crippen molar-refractivity contribution in [2.45, 2.75) is 33.4 Å². The molecule has 1 amide bonds. The molecule has 0 aliphatic rings. The minimum atomic E-state index is -1.75. The Hall–Kier alpha value is -3.16. The van der Waals surface area contributed by atoms with Gasteiger partial charge >= 0.3 is 0 Å². The molecule has 0 saturated heterocycles. The summed E-state index contributed by atoms with van der Waals surface area (Å²) < 4.78 is 15.8. The predicted molar refractivity (Wildman–Crippen MR) is 97.1 cm³/mol. The van der Waals surface area contributed by atoms with E-state index in [-0.39, 0.29) is 34.0 Å². The van der Waals surface area contributed by atoms with Gasteiger partial charge in [0.05, 0.1) is 17.6 Å². The molecule has 0 aliphatic heterocycles. The SMILES string of the molecule is Cc1ccc(O)c(C)c1-n1c(N)c(C(N)=O)c2nc(C(C)(C)F)cnc21. The van der Waals surface area contributed by atoms with E-state index in [0.717, 1.165) is 5.56 Å². The first-order valence-electron chi connectivity index (χ1n) is 7.99. The molecule has 0 fully saturated rings. The van der Waals surface area contributed by atoms with Gasteiger partial charge in [0.2, 0.25) is 0 Å². The van der Waals surface area contributed by atoms with Crippen LogP contribution in [0.3, 0.4) is 0 Å². The standard InChI is InChI=1S/C18H20FN5O2/c1-8-5-6-10(25)9(2)14(8)24-15(20)12(16(21)26)13-17(24)22-7-11(23-13)18(3,4)19/h5-7,25H,20H2,1-4H3,(H2,21,26). The molecule has 3 aromatic rings. The second kappa shape index (κ2) is 5.69. The average Bonchev–Trinajstić information content (AvgIpc) is 2.82. The lowest BCUT2D eigenvalue weighted by atomic mass is 10.1. The maximum absolute atomic E-state index is 14.3. The molecule has 0 aliphatic carbocycles. The summed E-state index contributed by atoms with van der Waals surface area (Å²) in [5.74, 6) is -0.676. The van der Waals surface area contributed by atoms with Crippen LogP contribution in [0.1, 0.15) is 41.0 Å². The van der Waals surface area contributed by atoms with Gasteiger partial charge in [0.25, 0.3) is 5.91 Å². The van der Waals surface area contributed by atoms with E-state index in [0.29, 0.717) is 11.3 Å². The molecule has 1 aromatic carbocycles. The van der Waals surface area contributed by atoms with E-state index < -0.39 is 11.6 Å². The number of hydrogen-bond acceptors (Lipinski definition) is 5. The first-order valence-corrected chi connectivity index (χ1v) is 7.99. The fourth-order valence-corrected chi connectivity index (χ4v) is 2.99. The third-order valence-corrected chi connectivity index (χ3v) is 4.38. The van der Waals surface area contributed by atoms with Crippen molar-refractivity contribution in [3.05, 3.63) is 40.7 Å². The number of nitrogens with two attached hydrogens (primary N) is 2. The van der Waals surface area contributed by atoms with Gasteiger partial charge in [-0.2, -0.15) is 0 Å². The number of aromatic hydroxyl groups is 1. The highest BCUT2D eigenvalue weighted by atomic mass is 19.1. The van der Waals surface area contributed by atoms with Crippen LogP contribution in [-0.4, -0.2) is 25.5 Å². The zero-order chi connectivity index (χ0) is 19.4. The Morgan fingerprint density at radius 3 is 2.54 bits per heavy atom. The molecule has 0 saturated carbocycles. The zero-order valence-electron chi connectivity index (χ0n) is 15.0. The molecule has 2 aromatic heterocycles. The van der Waals surface area contributed by atoms with Crippen LogP contribution in [0.25, 0.3) is 16.9 Å². The fourth-order valence-electron chi connectivity index (χ4n) is 2.99. The summed E-state index contributed by atoms with van der Waals surface area (Å²) in [4.78, 5) is 20.5. The Balaban J connectivity index is 2.48. The number of nitrogen functional groups attached to an aromatic ring is 1. The van der Waals surface area contributed by atoms with E-state index in [1.165, 1.54) is 24.6 Å². The Kier molecular flexibility index (Phi) is 3.86. The number of aryl methyl sites for hydroxylation is 1. The molecule has 136 valence electrons. The van der Waals surface area contributed by atoms with Gasteiger partial charge in [-0.1, -0.05) is 6.07 Å². The zero-order valence-corrected chi connectivity index (χ0v) is 15.0. The van der Waals surface area contributed by atoms with Gasteiger partial charge in [0, 0.05) is 5.56 Å². The van der Waals surface area contributed by atoms with Crippen molar-refractivity contribution in [1.82, 2.24) is 14.5 Å². The number of fused-ring (bicyclic) bond motifs is 1. The number of anilines is 1. The van der Waals surface area contributed by atoms with Gasteiger partial charge in [0.15, 0.2) is 5.65 Å². The van der Waals surface area contributed by atoms with Crippen LogP contribution in [0.5, 0.6) is 5.75 Å². The van der Waals surface area contributed by atoms with Crippen molar-refractivity contribution in [3.8, 4) is 11.4 Å². The second-order valence-corrected chi connectivity index (χ2v) is 6.74. The number of halogens is 1. The van der Waals surface area contributed by atoms with Crippen molar-refractivity contribution >= 4 is 22.9 Å². The van der Waals surface area contributed by atoms with E-state index in [4.69, 9.17) is 11.5 Å². The number of carbonyl (C=O) groups is 1. The molecule has 5 N–H and O–H groups in total. The van der Waals surface area contributed by atoms with E-state index in [2.05, 4.69) is 9.97 Å². The summed E-state index contributed by atoms with van der Waals surface area (Å²) in [6, 6.07) is 3.29. The van der Waals surface area contributed by atoms with Gasteiger partial charge in [0.1, 0.15) is 28.3 Å². The molecule has 0 radical (unpaired) electrons. The Labute approximate surface area is 149 Å². The highest BCUT2D eigenvalue weighted by Crippen LogP contribution is 2.35. The summed E-state index contributed by atoms with van der Waals surface area (Å²) >= 11 is 0. The summed E-state index contributed by atoms with van der Waals surface area (Å²) in [6.07, 6.45) is 1.30. The summed E-state index contributed by atoms with van der Waals surface area (Å²) in [7, 11) is 0. The third kappa shape index (κ3) is 2.54. The lowest BCUT2D eigenvalue weighted by molar-refractivity contribution is 0.100. The summed E-state index contributed by atoms with van der Waals surface area (Å²) in [6.45, 7) is 6.25. The number of nitrogens with zero attached hydrogens (tertiary/aromatic N) is 3. The largest absolute Gasteiger partial charge is 0.508 e. The molecule has 3 rings (SSSR count). The van der Waals surface area contributed by atoms with Gasteiger partial charge in [-0.3, -0.25) is 9.36 Å². The minimum Gasteiger partial charge on any atom is -0.508 e. The lowest BCUT2D eigenvalue weighted by Crippen LogP contribution is -2.15. The summed E-state index contributed by atoms with van der Waals surface area (Å²) in [5, 5.41) is 10.1. The average molecular weight is 357 g/mol. The van der Waals surface area contributed by atoms with Crippen molar-refractivity contribution in [3.63, 3.8) is 0 Å². The molecule has 0 atom stereocenters. The maximum Gasteiger partial charge on any atom is 0.254 e. The first kappa shape index (κ1) is 17.7. The molecular weight excluding hydrogens is 337 g/mol. The number of amides is 1. The van der Waals surface area contributed by atoms with Crippen LogP contribution in [0.4, 0.5) is 10.2 Å². The third-order valence-electron chi connectivity index (χ3n) is 4.38. The van der Waals surface area contributed by atoms with Crippen LogP contribution in [0.2, 0.25) is 0 Å². The molecule has 7 nitrogen and oxygen atoms in total. The van der Waals surface area contributed by atoms with Crippen LogP contribution < -0.4 is 11.5 Å². The number of rotatable bonds is 3. The van der Waals surface area contributed by atoms with Crippen molar-refractivity contribution in [2.75, 3.05) is 5.73 Å². The van der Waals surface area contributed by atoms with E-state index in [9.17, 15) is 14.3 Å². The number of hydrogen-bond donors (Lipinski definition) is 3. The molecule has 0 spiro atoms. The number of carbonyl (C=O) groups excluding carboxylic acids is 1. The Morgan fingerprint density at radius 1 is 1.31 bits per heavy atom. The van der Waals surface area contributed by atoms with Gasteiger partial charge in [-0.05, 0) is 39.3 Å². The van der Waals surface area contributed by atoms with E-state index >= 15 is 0 Å². The van der Waals surface area contributed by atoms with Crippen LogP contribution >= 0.6 is 0 Å². The number of aromatic nitrogens is 3. The first-order chi connectivity index (χ1) is 12.0. The van der Waals surface area contributed by atoms with E-state index in [1.807, 2.05) is 6.92 Å². The van der Waals surface area contributed by atoms with Gasteiger partial charge in [-0.25, -0.2) is 14.4 Å². The predicted octanol–water partition coefficient (Wildman–Crippen LogP) is 2.63. The van der Waals surface area contributed by atoms with E-state index in [1.54, 1.807) is 19.1 Å². The van der Waals surface area contributed by atoms with Gasteiger partial charge < -0.3 is 16.6 Å². The number of phenolic OH excluding ortho intramolecular Hbond substituents is 1. The molecular formula is C18H20FN5O2. The molecule has 0 unspecified atom stereocenters. The number of phenols is 1. The minimum absolute atomic E-state index is 0.0271. The van der Waals surface area contributed by atoms with Crippen molar-refractivity contribution in [1.29, 1.82) is 0 Å². The van der Waals surface area contributed by atoms with Crippen LogP contribution in [0, 0.1) is 13.8 Å². The van der Waals surface area contributed by atoms with Crippen molar-refractivity contribution in [2.24, 2.45) is 5.73 Å².